The summed E-state index contributed by atoms with van der Waals surface area (Å²) in [6.45, 7) is 3.44. The minimum atomic E-state index is -0.511. The summed E-state index contributed by atoms with van der Waals surface area (Å²) in [5.41, 5.74) is 4.10. The Labute approximate surface area is 129 Å². The molecule has 0 bridgehead atoms. The van der Waals surface area contributed by atoms with Gasteiger partial charge in [0.1, 0.15) is 5.69 Å². The number of carbonyl (C=O) groups is 1. The molecule has 2 rings (SSSR count). The second-order valence-corrected chi connectivity index (χ2v) is 5.28. The number of aryl methyl sites for hydroxylation is 4. The van der Waals surface area contributed by atoms with Crippen LogP contribution in [0.15, 0.2) is 9.57 Å². The van der Waals surface area contributed by atoms with Crippen LogP contribution in [0, 0.1) is 19.8 Å². The molecule has 0 saturated heterocycles. The summed E-state index contributed by atoms with van der Waals surface area (Å²) in [7, 11) is 3.15. The molecule has 9 heteroatoms. The average molecular weight is 357 g/mol. The molecular weight excluding hydrogens is 343 g/mol. The van der Waals surface area contributed by atoms with Crippen molar-refractivity contribution in [3.63, 3.8) is 0 Å². The first kappa shape index (κ1) is 15.4. The lowest BCUT2D eigenvalue weighted by Crippen LogP contribution is -2.21. The lowest BCUT2D eigenvalue weighted by molar-refractivity contribution is 0.0945. The van der Waals surface area contributed by atoms with Gasteiger partial charge in [-0.15, -0.1) is 0 Å². The summed E-state index contributed by atoms with van der Waals surface area (Å²) in [5.74, 6) is -0.953. The normalized spacial score (nSPS) is 11.3. The van der Waals surface area contributed by atoms with E-state index in [0.717, 1.165) is 4.68 Å². The molecule has 0 radical (unpaired) electrons. The van der Waals surface area contributed by atoms with Crippen LogP contribution in [-0.4, -0.2) is 31.7 Å². The standard InChI is InChI=1S/C12H14BrFN6O/c1-6-8(11(14)20(4)17-6)5-15-16-12(21)10-9(13)7(2)18-19(10)3/h5H,1-4H3,(H,16,21). The fourth-order valence-corrected chi connectivity index (χ4v) is 2.40. The van der Waals surface area contributed by atoms with Gasteiger partial charge in [-0.3, -0.25) is 9.48 Å². The molecular formula is C12H14BrFN6O. The number of nitrogens with one attached hydrogen (secondary N) is 1. The van der Waals surface area contributed by atoms with Crippen LogP contribution >= 0.6 is 15.9 Å². The fraction of sp³-hybridized carbons (Fsp3) is 0.333. The maximum absolute atomic E-state index is 13.7. The molecule has 2 heterocycles. The van der Waals surface area contributed by atoms with Gasteiger partial charge in [-0.05, 0) is 29.8 Å². The molecule has 112 valence electrons. The van der Waals surface area contributed by atoms with Crippen molar-refractivity contribution in [2.45, 2.75) is 13.8 Å². The monoisotopic (exact) mass is 356 g/mol. The second kappa shape index (κ2) is 5.76. The van der Waals surface area contributed by atoms with Crippen molar-refractivity contribution < 1.29 is 9.18 Å². The number of aromatic nitrogens is 4. The van der Waals surface area contributed by atoms with Gasteiger partial charge in [0.15, 0.2) is 0 Å². The zero-order chi connectivity index (χ0) is 15.7. The van der Waals surface area contributed by atoms with Crippen LogP contribution in [0.25, 0.3) is 0 Å². The Morgan fingerprint density at radius 2 is 1.90 bits per heavy atom. The molecule has 7 nitrogen and oxygen atoms in total. The highest BCUT2D eigenvalue weighted by Crippen LogP contribution is 2.19. The topological polar surface area (TPSA) is 77.1 Å². The van der Waals surface area contributed by atoms with Gasteiger partial charge in [-0.25, -0.2) is 10.1 Å². The Kier molecular flexibility index (Phi) is 4.21. The van der Waals surface area contributed by atoms with Crippen LogP contribution in [-0.2, 0) is 14.1 Å². The third-order valence-electron chi connectivity index (χ3n) is 2.92. The number of rotatable bonds is 3. The number of nitrogens with zero attached hydrogens (tertiary/aromatic N) is 5. The molecule has 0 aromatic carbocycles. The summed E-state index contributed by atoms with van der Waals surface area (Å²) in [6.07, 6.45) is 1.23. The third kappa shape index (κ3) is 2.87. The van der Waals surface area contributed by atoms with E-state index in [1.807, 2.05) is 0 Å². The fourth-order valence-electron chi connectivity index (χ4n) is 1.88. The zero-order valence-electron chi connectivity index (χ0n) is 12.0. The molecule has 0 aliphatic rings. The molecule has 0 atom stereocenters. The summed E-state index contributed by atoms with van der Waals surface area (Å²) in [4.78, 5) is 12.0. The molecule has 0 aliphatic carbocycles. The van der Waals surface area contributed by atoms with E-state index in [4.69, 9.17) is 0 Å². The minimum Gasteiger partial charge on any atom is -0.266 e. The first-order chi connectivity index (χ1) is 9.82. The largest absolute Gasteiger partial charge is 0.290 e. The summed E-state index contributed by atoms with van der Waals surface area (Å²) < 4.78 is 16.8. The van der Waals surface area contributed by atoms with Crippen molar-refractivity contribution in [2.75, 3.05) is 0 Å². The molecule has 21 heavy (non-hydrogen) atoms. The van der Waals surface area contributed by atoms with Gasteiger partial charge in [0.2, 0.25) is 5.95 Å². The Bertz CT molecular complexity index is 733. The van der Waals surface area contributed by atoms with Gasteiger partial charge in [0.05, 0.1) is 27.6 Å². The van der Waals surface area contributed by atoms with Crippen molar-refractivity contribution in [1.29, 1.82) is 0 Å². The van der Waals surface area contributed by atoms with E-state index < -0.39 is 11.9 Å². The number of amides is 1. The number of carbonyl (C=O) groups excluding carboxylic acids is 1. The van der Waals surface area contributed by atoms with E-state index in [1.54, 1.807) is 20.9 Å². The summed E-state index contributed by atoms with van der Waals surface area (Å²) in [5, 5.41) is 11.8. The van der Waals surface area contributed by atoms with Crippen LogP contribution in [0.2, 0.25) is 0 Å². The molecule has 0 aliphatic heterocycles. The Morgan fingerprint density at radius 1 is 1.29 bits per heavy atom. The first-order valence-corrected chi connectivity index (χ1v) is 6.83. The average Bonchev–Trinajstić information content (AvgIpc) is 2.79. The Hall–Kier alpha value is -2.03. The highest BCUT2D eigenvalue weighted by molar-refractivity contribution is 9.10. The smallest absolute Gasteiger partial charge is 0.266 e. The molecule has 1 N–H and O–H groups in total. The number of hydrazone groups is 1. The number of hydrogen-bond acceptors (Lipinski definition) is 4. The van der Waals surface area contributed by atoms with Crippen molar-refractivity contribution in [3.8, 4) is 0 Å². The predicted octanol–water partition coefficient (Wildman–Crippen LogP) is 1.44. The second-order valence-electron chi connectivity index (χ2n) is 4.48. The van der Waals surface area contributed by atoms with Gasteiger partial charge in [0.25, 0.3) is 5.91 Å². The van der Waals surface area contributed by atoms with Gasteiger partial charge < -0.3 is 0 Å². The Morgan fingerprint density at radius 3 is 2.38 bits per heavy atom. The Balaban J connectivity index is 2.16. The molecule has 0 fully saturated rings. The zero-order valence-corrected chi connectivity index (χ0v) is 13.6. The molecule has 2 aromatic rings. The van der Waals surface area contributed by atoms with Gasteiger partial charge in [-0.2, -0.15) is 19.7 Å². The van der Waals surface area contributed by atoms with Crippen molar-refractivity contribution in [1.82, 2.24) is 25.0 Å². The SMILES string of the molecule is Cc1nn(C)c(C(=O)NN=Cc2c(C)nn(C)c2F)c1Br. The van der Waals surface area contributed by atoms with E-state index in [1.165, 1.54) is 17.9 Å². The van der Waals surface area contributed by atoms with Crippen LogP contribution in [0.5, 0.6) is 0 Å². The highest BCUT2D eigenvalue weighted by Gasteiger charge is 2.18. The van der Waals surface area contributed by atoms with E-state index >= 15 is 0 Å². The van der Waals surface area contributed by atoms with Crippen molar-refractivity contribution in [3.05, 3.63) is 33.1 Å². The minimum absolute atomic E-state index is 0.234. The van der Waals surface area contributed by atoms with Gasteiger partial charge in [-0.1, -0.05) is 0 Å². The van der Waals surface area contributed by atoms with E-state index in [2.05, 4.69) is 36.7 Å². The van der Waals surface area contributed by atoms with Crippen molar-refractivity contribution in [2.24, 2.45) is 19.2 Å². The number of halogens is 2. The molecule has 0 unspecified atom stereocenters. The third-order valence-corrected chi connectivity index (χ3v) is 3.87. The first-order valence-electron chi connectivity index (χ1n) is 6.04. The lowest BCUT2D eigenvalue weighted by Gasteiger charge is -2.00. The predicted molar refractivity (Wildman–Crippen MR) is 78.6 cm³/mol. The maximum Gasteiger partial charge on any atom is 0.290 e. The van der Waals surface area contributed by atoms with E-state index in [9.17, 15) is 9.18 Å². The van der Waals surface area contributed by atoms with E-state index in [-0.39, 0.29) is 5.56 Å². The number of hydrogen-bond donors (Lipinski definition) is 1. The van der Waals surface area contributed by atoms with Crippen LogP contribution in [0.4, 0.5) is 4.39 Å². The molecule has 0 saturated carbocycles. The van der Waals surface area contributed by atoms with Crippen molar-refractivity contribution >= 4 is 28.1 Å². The molecule has 0 spiro atoms. The van der Waals surface area contributed by atoms with Crippen LogP contribution in [0.1, 0.15) is 27.4 Å². The van der Waals surface area contributed by atoms with Gasteiger partial charge in [0, 0.05) is 14.1 Å². The quantitative estimate of drug-likeness (QED) is 0.667. The molecule has 1 amide bonds. The van der Waals surface area contributed by atoms with Gasteiger partial charge >= 0.3 is 0 Å². The van der Waals surface area contributed by atoms with Crippen LogP contribution < -0.4 is 5.43 Å². The maximum atomic E-state index is 13.7. The van der Waals surface area contributed by atoms with Crippen LogP contribution in [0.3, 0.4) is 0 Å². The summed E-state index contributed by atoms with van der Waals surface area (Å²) in [6, 6.07) is 0. The molecule has 2 aromatic heterocycles. The lowest BCUT2D eigenvalue weighted by atomic mass is 10.3. The van der Waals surface area contributed by atoms with E-state index in [0.29, 0.717) is 21.6 Å². The highest BCUT2D eigenvalue weighted by atomic mass is 79.9. The summed E-state index contributed by atoms with van der Waals surface area (Å²) >= 11 is 3.30.